The second-order valence-electron chi connectivity index (χ2n) is 16.8. The Morgan fingerprint density at radius 3 is 2.10 bits per heavy atom. The Hall–Kier alpha value is -7.43. The van der Waals surface area contributed by atoms with Gasteiger partial charge in [0.25, 0.3) is 5.91 Å². The van der Waals surface area contributed by atoms with Gasteiger partial charge in [0.1, 0.15) is 42.1 Å². The number of aliphatic hydroxyl groups is 2. The van der Waals surface area contributed by atoms with Gasteiger partial charge in [-0.25, -0.2) is 9.86 Å². The molecule has 0 saturated carbocycles. The van der Waals surface area contributed by atoms with E-state index in [1.165, 1.54) is 23.6 Å². The highest BCUT2D eigenvalue weighted by molar-refractivity contribution is 5.99. The second-order valence-corrected chi connectivity index (χ2v) is 16.8. The van der Waals surface area contributed by atoms with Crippen molar-refractivity contribution >= 4 is 70.7 Å². The largest absolute Gasteiger partial charge is 0.504 e. The average Bonchev–Trinajstić information content (AvgIpc) is 3.30. The van der Waals surface area contributed by atoms with Crippen LogP contribution in [0.2, 0.25) is 0 Å². The average molecular weight is 990 g/mol. The first-order valence-electron chi connectivity index (χ1n) is 22.2. The van der Waals surface area contributed by atoms with Crippen molar-refractivity contribution in [3.8, 4) is 17.0 Å². The number of aliphatic carboxylic acids is 2. The number of carboxylic acid groups (broad SMARTS) is 2. The number of nitrogens with two attached hydrogens (primary N) is 1. The minimum atomic E-state index is -2.54. The van der Waals surface area contributed by atoms with Gasteiger partial charge in [0.15, 0.2) is 11.9 Å². The van der Waals surface area contributed by atoms with Crippen LogP contribution >= 0.6 is 0 Å². The number of nitrogens with one attached hydrogen (secondary N) is 8. The van der Waals surface area contributed by atoms with Gasteiger partial charge in [-0.05, 0) is 71.4 Å². The van der Waals surface area contributed by atoms with Crippen molar-refractivity contribution in [2.45, 2.75) is 127 Å². The van der Waals surface area contributed by atoms with Crippen LogP contribution in [-0.2, 0) is 47.9 Å². The number of hydrogen-bond acceptors (Lipinski definition) is 17. The summed E-state index contributed by atoms with van der Waals surface area (Å²) in [7, 11) is 0. The zero-order chi connectivity index (χ0) is 52.1. The zero-order valence-electron chi connectivity index (χ0n) is 38.4. The number of carboxylic acids is 2. The molecule has 9 atom stereocenters. The molecule has 70 heavy (non-hydrogen) atoms. The lowest BCUT2D eigenvalue weighted by molar-refractivity contribution is -0.173. The van der Waals surface area contributed by atoms with Crippen LogP contribution < -0.4 is 53.7 Å². The predicted octanol–water partition coefficient (Wildman–Crippen LogP) is -4.27. The number of aliphatic hydroxyl groups excluding tert-OH is 2. The zero-order valence-corrected chi connectivity index (χ0v) is 38.4. The number of fused-ring (bicyclic) bond motifs is 3. The molecule has 8 unspecified atom stereocenters. The van der Waals surface area contributed by atoms with Crippen LogP contribution in [0, 0.1) is 0 Å². The van der Waals surface area contributed by atoms with Gasteiger partial charge in [-0.2, -0.15) is 0 Å². The number of benzene rings is 1. The van der Waals surface area contributed by atoms with Crippen LogP contribution in [0.15, 0.2) is 23.0 Å². The van der Waals surface area contributed by atoms with Crippen LogP contribution in [0.5, 0.6) is 5.75 Å². The van der Waals surface area contributed by atoms with Gasteiger partial charge < -0.3 is 78.4 Å². The number of hydroxylamine groups is 2. The summed E-state index contributed by atoms with van der Waals surface area (Å²) in [5.74, 6) is -10.7. The van der Waals surface area contributed by atoms with Crippen molar-refractivity contribution < 1.29 is 78.7 Å². The Morgan fingerprint density at radius 1 is 0.814 bits per heavy atom. The third kappa shape index (κ3) is 14.5. The number of aromatic hydroxyl groups is 1. The van der Waals surface area contributed by atoms with Crippen LogP contribution in [0.4, 0.5) is 11.5 Å². The molecule has 28 nitrogen and oxygen atoms in total. The van der Waals surface area contributed by atoms with Gasteiger partial charge in [0.05, 0.1) is 29.9 Å². The quantitative estimate of drug-likeness (QED) is 0.0370. The molecule has 3 aliphatic heterocycles. The monoisotopic (exact) mass is 989 g/mol. The molecule has 3 heterocycles. The van der Waals surface area contributed by atoms with E-state index in [9.17, 15) is 78.4 Å². The molecule has 1 saturated heterocycles. The Balaban J connectivity index is 1.31. The molecule has 4 aliphatic rings. The molecule has 0 bridgehead atoms. The number of amides is 8. The molecule has 1 aliphatic carbocycles. The molecular formula is C42H59N11O17. The first kappa shape index (κ1) is 55.2. The molecule has 0 aromatic heterocycles. The maximum atomic E-state index is 13.6. The van der Waals surface area contributed by atoms with Gasteiger partial charge >= 0.3 is 11.9 Å². The fourth-order valence-electron chi connectivity index (χ4n) is 7.46. The van der Waals surface area contributed by atoms with E-state index in [1.54, 1.807) is 0 Å². The number of nitrogens with zero attached hydrogens (tertiary/aromatic N) is 2. The Kier molecular flexibility index (Phi) is 19.5. The maximum absolute atomic E-state index is 13.6. The van der Waals surface area contributed by atoms with E-state index in [2.05, 4.69) is 42.5 Å². The first-order chi connectivity index (χ1) is 32.9. The van der Waals surface area contributed by atoms with Crippen molar-refractivity contribution in [3.05, 3.63) is 28.4 Å². The highest BCUT2D eigenvalue weighted by atomic mass is 16.5. The third-order valence-corrected chi connectivity index (χ3v) is 11.4. The highest BCUT2D eigenvalue weighted by Gasteiger charge is 2.38. The number of carbonyl (C=O) groups excluding carboxylic acids is 8. The molecule has 384 valence electrons. The normalized spacial score (nSPS) is 18.4. The van der Waals surface area contributed by atoms with Gasteiger partial charge in [-0.15, -0.1) is 0 Å². The van der Waals surface area contributed by atoms with Crippen molar-refractivity contribution in [1.29, 1.82) is 0 Å². The summed E-state index contributed by atoms with van der Waals surface area (Å²) in [6, 6.07) is -6.39. The molecule has 0 aromatic rings. The molecule has 16 N–H and O–H groups in total. The summed E-state index contributed by atoms with van der Waals surface area (Å²) in [6.45, 7) is 3.87. The number of piperidine rings is 1. The SMILES string of the molecule is CC(NC(=O)C(NC(=O)C(C)NC(=O)C(NC(=O)C(N)CCCCNC(=O)[C@H]1CCNc2c(NC(=O)CCC(=O)O)cc3cc(O)c(=O)cc-3n21)C(O)C(=O)O)C(C)O)C(=O)NC1CCCN(O)C1=O. The van der Waals surface area contributed by atoms with E-state index in [-0.39, 0.29) is 80.9 Å². The third-order valence-electron chi connectivity index (χ3n) is 11.4. The highest BCUT2D eigenvalue weighted by Crippen LogP contribution is 2.39. The fraction of sp³-hybridized carbons (Fsp3) is 0.548. The maximum Gasteiger partial charge on any atom is 0.335 e. The molecule has 0 radical (unpaired) electrons. The Morgan fingerprint density at radius 2 is 1.46 bits per heavy atom. The van der Waals surface area contributed by atoms with Crippen LogP contribution in [0.1, 0.15) is 78.2 Å². The van der Waals surface area contributed by atoms with Crippen molar-refractivity contribution in [3.63, 3.8) is 0 Å². The lowest BCUT2D eigenvalue weighted by Crippen LogP contribution is -2.62. The number of carbonyl (C=O) groups is 10. The van der Waals surface area contributed by atoms with Crippen LogP contribution in [-0.4, -0.2) is 168 Å². The molecule has 0 spiro atoms. The number of pyridine rings is 1. The van der Waals surface area contributed by atoms with E-state index in [0.717, 1.165) is 19.9 Å². The standard InChI is InChI=1S/C42H59N11O17/c1-18(35(61)49-23-8-6-14-52(70)41(23)67)46-39(65)31(20(3)54)50-36(62)19(2)47-40(66)32(33(60)42(68)69)51-37(63)22(43)7-4-5-12-45-38(64)25-11-13-44-34-24(48-29(57)9-10-30(58)59)15-21-16-27(55)28(56)17-26(21)53(25)34/h15-20,22-23,25,31-33,44,54-55,60,70H,4-14,43H2,1-3H3,(H,45,64)(H,46,65)(H,47,66)(H,48,57)(H,49,61)(H,50,62)(H,51,63)(H,58,59)(H,68,69)/t18?,19?,20?,22?,23?,25-,31?,32?,33?/m1/s1. The summed E-state index contributed by atoms with van der Waals surface area (Å²) < 4.78 is 1.49. The van der Waals surface area contributed by atoms with Gasteiger partial charge in [-0.1, -0.05) is 0 Å². The van der Waals surface area contributed by atoms with E-state index in [4.69, 9.17) is 10.8 Å². The molecule has 4 rings (SSSR count). The van der Waals surface area contributed by atoms with Gasteiger partial charge in [0.2, 0.25) is 46.8 Å². The smallest absolute Gasteiger partial charge is 0.335 e. The molecule has 0 aromatic carbocycles. The van der Waals surface area contributed by atoms with E-state index < -0.39 is 131 Å². The van der Waals surface area contributed by atoms with Gasteiger partial charge in [0, 0.05) is 37.7 Å². The molecular weight excluding hydrogens is 931 g/mol. The van der Waals surface area contributed by atoms with E-state index >= 15 is 0 Å². The lowest BCUT2D eigenvalue weighted by Gasteiger charge is -2.34. The van der Waals surface area contributed by atoms with Crippen molar-refractivity contribution in [2.24, 2.45) is 5.73 Å². The summed E-state index contributed by atoms with van der Waals surface area (Å²) in [4.78, 5) is 139. The first-order valence-corrected chi connectivity index (χ1v) is 22.2. The number of unbranched alkanes of at least 4 members (excludes halogenated alkanes) is 1. The predicted molar refractivity (Wildman–Crippen MR) is 241 cm³/mol. The number of phenols is 1. The second kappa shape index (κ2) is 24.7. The van der Waals surface area contributed by atoms with Crippen molar-refractivity contribution in [1.82, 2.24) is 41.5 Å². The van der Waals surface area contributed by atoms with E-state index in [1.807, 2.05) is 0 Å². The number of anilines is 2. The molecule has 1 fully saturated rings. The van der Waals surface area contributed by atoms with Crippen LogP contribution in [0.3, 0.4) is 0 Å². The number of phenolic OH excluding ortho intramolecular Hbond substituents is 1. The summed E-state index contributed by atoms with van der Waals surface area (Å²) >= 11 is 0. The van der Waals surface area contributed by atoms with Gasteiger partial charge in [-0.3, -0.25) is 53.2 Å². The minimum Gasteiger partial charge on any atom is -0.504 e. The lowest BCUT2D eigenvalue weighted by atomic mass is 10.0. The Bertz CT molecular complexity index is 2360. The van der Waals surface area contributed by atoms with E-state index in [0.29, 0.717) is 11.5 Å². The molecule has 28 heteroatoms. The topological polar surface area (TPSA) is 440 Å². The van der Waals surface area contributed by atoms with Crippen LogP contribution in [0.25, 0.3) is 11.3 Å². The number of rotatable bonds is 23. The van der Waals surface area contributed by atoms with Crippen molar-refractivity contribution in [2.75, 3.05) is 30.3 Å². The fourth-order valence-corrected chi connectivity index (χ4v) is 7.46. The minimum absolute atomic E-state index is 0.0474. The summed E-state index contributed by atoms with van der Waals surface area (Å²) in [5.41, 5.74) is 6.01. The number of hydrogen-bond donors (Lipinski definition) is 15. The number of aromatic nitrogens is 1. The summed E-state index contributed by atoms with van der Waals surface area (Å²) in [6.07, 6.45) is -3.70. The Labute approximate surface area is 398 Å². The summed E-state index contributed by atoms with van der Waals surface area (Å²) in [5, 5.41) is 78.9. The molecule has 8 amide bonds.